The van der Waals surface area contributed by atoms with Gasteiger partial charge in [0.25, 0.3) is 0 Å². The predicted octanol–water partition coefficient (Wildman–Crippen LogP) is 5.47. The Morgan fingerprint density at radius 3 is 2.36 bits per heavy atom. The largest absolute Gasteiger partial charge is 0.495 e. The first-order valence-corrected chi connectivity index (χ1v) is 14.4. The molecule has 0 N–H and O–H groups in total. The van der Waals surface area contributed by atoms with Crippen molar-refractivity contribution >= 4 is 17.7 Å². The Kier molecular flexibility index (Phi) is 8.96. The molecule has 4 aromatic rings. The summed E-state index contributed by atoms with van der Waals surface area (Å²) in [5, 5.41) is 9.87. The molecular weight excluding hydrogens is 506 g/mol. The van der Waals surface area contributed by atoms with Crippen LogP contribution >= 0.6 is 11.8 Å². The van der Waals surface area contributed by atoms with Gasteiger partial charge in [0.2, 0.25) is 5.91 Å². The quantitative estimate of drug-likeness (QED) is 0.196. The molecule has 5 rings (SSSR count). The summed E-state index contributed by atoms with van der Waals surface area (Å²) in [6, 6.07) is 26.7. The van der Waals surface area contributed by atoms with Crippen LogP contribution in [-0.2, 0) is 11.3 Å². The van der Waals surface area contributed by atoms with Gasteiger partial charge in [0.15, 0.2) is 11.0 Å². The SMILES string of the molecule is COc1ccccc1-n1c(SCCCC(=O)N2CCN(Cc3ccccc3)CC2)nnc1-c1ccc(C)cc1. The van der Waals surface area contributed by atoms with E-state index in [4.69, 9.17) is 4.74 Å². The lowest BCUT2D eigenvalue weighted by Gasteiger charge is -2.34. The molecule has 0 bridgehead atoms. The van der Waals surface area contributed by atoms with Crippen molar-refractivity contribution in [2.45, 2.75) is 31.5 Å². The minimum Gasteiger partial charge on any atom is -0.495 e. The molecule has 0 radical (unpaired) electrons. The number of ether oxygens (including phenoxy) is 1. The smallest absolute Gasteiger partial charge is 0.222 e. The fourth-order valence-corrected chi connectivity index (χ4v) is 5.71. The van der Waals surface area contributed by atoms with Crippen molar-refractivity contribution in [1.29, 1.82) is 0 Å². The number of hydrogen-bond acceptors (Lipinski definition) is 6. The Morgan fingerprint density at radius 1 is 0.897 bits per heavy atom. The number of para-hydroxylation sites is 2. The zero-order valence-electron chi connectivity index (χ0n) is 22.6. The Morgan fingerprint density at radius 2 is 1.62 bits per heavy atom. The molecule has 0 atom stereocenters. The summed E-state index contributed by atoms with van der Waals surface area (Å²) in [5.74, 6) is 2.54. The molecule has 1 aromatic heterocycles. The number of rotatable bonds is 10. The van der Waals surface area contributed by atoms with E-state index >= 15 is 0 Å². The average Bonchev–Trinajstić information content (AvgIpc) is 3.40. The van der Waals surface area contributed by atoms with Crippen LogP contribution in [0, 0.1) is 6.92 Å². The van der Waals surface area contributed by atoms with Gasteiger partial charge in [-0.25, -0.2) is 0 Å². The maximum absolute atomic E-state index is 12.9. The predicted molar refractivity (Wildman–Crippen MR) is 156 cm³/mol. The monoisotopic (exact) mass is 541 g/mol. The Labute approximate surface area is 234 Å². The van der Waals surface area contributed by atoms with Gasteiger partial charge in [0.05, 0.1) is 12.8 Å². The number of hydrogen-bond donors (Lipinski definition) is 0. The van der Waals surface area contributed by atoms with Crippen LogP contribution in [0.3, 0.4) is 0 Å². The van der Waals surface area contributed by atoms with E-state index < -0.39 is 0 Å². The van der Waals surface area contributed by atoms with Crippen LogP contribution < -0.4 is 4.74 Å². The van der Waals surface area contributed by atoms with E-state index in [2.05, 4.69) is 75.1 Å². The first kappa shape index (κ1) is 27.0. The lowest BCUT2D eigenvalue weighted by atomic mass is 10.1. The molecule has 1 aliphatic heterocycles. The van der Waals surface area contributed by atoms with Gasteiger partial charge in [-0.1, -0.05) is 84.1 Å². The molecule has 0 saturated carbocycles. The van der Waals surface area contributed by atoms with Crippen molar-refractivity contribution < 1.29 is 9.53 Å². The molecule has 1 saturated heterocycles. The first-order chi connectivity index (χ1) is 19.1. The van der Waals surface area contributed by atoms with E-state index in [-0.39, 0.29) is 5.91 Å². The van der Waals surface area contributed by atoms with E-state index in [0.29, 0.717) is 6.42 Å². The van der Waals surface area contributed by atoms with Crippen LogP contribution in [0.1, 0.15) is 24.0 Å². The number of piperazine rings is 1. The van der Waals surface area contributed by atoms with Gasteiger partial charge in [-0.05, 0) is 31.0 Å². The molecule has 1 amide bonds. The summed E-state index contributed by atoms with van der Waals surface area (Å²) in [4.78, 5) is 17.3. The van der Waals surface area contributed by atoms with Crippen molar-refractivity contribution in [2.75, 3.05) is 39.0 Å². The highest BCUT2D eigenvalue weighted by atomic mass is 32.2. The standard InChI is InChI=1S/C31H35N5O2S/c1-24-14-16-26(17-15-24)30-32-33-31(36(30)27-11-6-7-12-28(27)38-2)39-22-8-13-29(37)35-20-18-34(19-21-35)23-25-9-4-3-5-10-25/h3-7,9-12,14-17H,8,13,18-23H2,1-2H3. The molecule has 2 heterocycles. The second-order valence-corrected chi connectivity index (χ2v) is 10.8. The molecule has 0 aliphatic carbocycles. The number of methoxy groups -OCH3 is 1. The van der Waals surface area contributed by atoms with Crippen molar-refractivity contribution in [2.24, 2.45) is 0 Å². The van der Waals surface area contributed by atoms with E-state index in [1.807, 2.05) is 35.2 Å². The third kappa shape index (κ3) is 6.69. The normalized spacial score (nSPS) is 13.9. The second-order valence-electron chi connectivity index (χ2n) is 9.77. The van der Waals surface area contributed by atoms with Gasteiger partial charge in [-0.3, -0.25) is 14.3 Å². The molecule has 1 aliphatic rings. The van der Waals surface area contributed by atoms with Crippen LogP contribution in [0.25, 0.3) is 17.1 Å². The van der Waals surface area contributed by atoms with Crippen molar-refractivity contribution in [3.05, 3.63) is 90.0 Å². The molecule has 1 fully saturated rings. The Hall–Kier alpha value is -3.62. The lowest BCUT2D eigenvalue weighted by Crippen LogP contribution is -2.48. The highest BCUT2D eigenvalue weighted by Crippen LogP contribution is 2.33. The molecule has 3 aromatic carbocycles. The van der Waals surface area contributed by atoms with Crippen LogP contribution in [-0.4, -0.2) is 69.5 Å². The number of nitrogens with zero attached hydrogens (tertiary/aromatic N) is 5. The summed E-state index contributed by atoms with van der Waals surface area (Å²) >= 11 is 1.62. The van der Waals surface area contributed by atoms with Crippen molar-refractivity contribution in [3.63, 3.8) is 0 Å². The van der Waals surface area contributed by atoms with Gasteiger partial charge in [0, 0.05) is 50.5 Å². The highest BCUT2D eigenvalue weighted by Gasteiger charge is 2.22. The lowest BCUT2D eigenvalue weighted by molar-refractivity contribution is -0.133. The van der Waals surface area contributed by atoms with Gasteiger partial charge < -0.3 is 9.64 Å². The number of carbonyl (C=O) groups excluding carboxylic acids is 1. The van der Waals surface area contributed by atoms with E-state index in [9.17, 15) is 4.79 Å². The number of aromatic nitrogens is 3. The topological polar surface area (TPSA) is 63.5 Å². The van der Waals surface area contributed by atoms with Crippen LogP contribution in [0.2, 0.25) is 0 Å². The molecule has 0 spiro atoms. The van der Waals surface area contributed by atoms with Gasteiger partial charge in [0.1, 0.15) is 5.75 Å². The van der Waals surface area contributed by atoms with Gasteiger partial charge in [-0.15, -0.1) is 10.2 Å². The second kappa shape index (κ2) is 13.0. The number of benzene rings is 3. The summed E-state index contributed by atoms with van der Waals surface area (Å²) in [6.45, 7) is 6.43. The number of thioether (sulfide) groups is 1. The van der Waals surface area contributed by atoms with Crippen molar-refractivity contribution in [3.8, 4) is 22.8 Å². The molecular formula is C31H35N5O2S. The van der Waals surface area contributed by atoms with E-state index in [0.717, 1.165) is 72.9 Å². The van der Waals surface area contributed by atoms with Crippen LogP contribution in [0.5, 0.6) is 5.75 Å². The fourth-order valence-electron chi connectivity index (χ4n) is 4.83. The summed E-state index contributed by atoms with van der Waals surface area (Å²) in [7, 11) is 1.68. The van der Waals surface area contributed by atoms with Crippen molar-refractivity contribution in [1.82, 2.24) is 24.6 Å². The van der Waals surface area contributed by atoms with E-state index in [1.54, 1.807) is 18.9 Å². The Bertz CT molecular complexity index is 1370. The third-order valence-corrected chi connectivity index (χ3v) is 8.02. The minimum absolute atomic E-state index is 0.238. The van der Waals surface area contributed by atoms with Gasteiger partial charge >= 0.3 is 0 Å². The van der Waals surface area contributed by atoms with Crippen LogP contribution in [0.4, 0.5) is 0 Å². The number of carbonyl (C=O) groups is 1. The zero-order valence-corrected chi connectivity index (χ0v) is 23.4. The maximum Gasteiger partial charge on any atom is 0.222 e. The zero-order chi connectivity index (χ0) is 27.0. The van der Waals surface area contributed by atoms with Gasteiger partial charge in [-0.2, -0.15) is 0 Å². The summed E-state index contributed by atoms with van der Waals surface area (Å²) in [5.41, 5.74) is 4.40. The molecule has 8 heteroatoms. The summed E-state index contributed by atoms with van der Waals surface area (Å²) < 4.78 is 7.72. The van der Waals surface area contributed by atoms with E-state index in [1.165, 1.54) is 11.1 Å². The molecule has 7 nitrogen and oxygen atoms in total. The third-order valence-electron chi connectivity index (χ3n) is 7.01. The fraction of sp³-hybridized carbons (Fsp3) is 0.323. The molecule has 39 heavy (non-hydrogen) atoms. The minimum atomic E-state index is 0.238. The molecule has 202 valence electrons. The number of aryl methyl sites for hydroxylation is 1. The first-order valence-electron chi connectivity index (χ1n) is 13.4. The highest BCUT2D eigenvalue weighted by molar-refractivity contribution is 7.99. The average molecular weight is 542 g/mol. The van der Waals surface area contributed by atoms with Crippen LogP contribution in [0.15, 0.2) is 84.0 Å². The maximum atomic E-state index is 12.9. The number of amides is 1. The Balaban J connectivity index is 1.19. The molecule has 0 unspecified atom stereocenters. The summed E-state index contributed by atoms with van der Waals surface area (Å²) in [6.07, 6.45) is 1.33.